The van der Waals surface area contributed by atoms with E-state index >= 15 is 0 Å². The number of fused-ring (bicyclic) bond motifs is 1. The first kappa shape index (κ1) is 10.8. The van der Waals surface area contributed by atoms with Crippen molar-refractivity contribution in [2.45, 2.75) is 12.3 Å². The van der Waals surface area contributed by atoms with Gasteiger partial charge in [0.2, 0.25) is 6.79 Å². The SMILES string of the molecule is C=CCC(CI)c1ccc2c(c1)OCO2. The summed E-state index contributed by atoms with van der Waals surface area (Å²) in [6.07, 6.45) is 2.97. The van der Waals surface area contributed by atoms with Gasteiger partial charge in [-0.05, 0) is 30.0 Å². The largest absolute Gasteiger partial charge is 0.454 e. The molecule has 0 N–H and O–H groups in total. The van der Waals surface area contributed by atoms with E-state index in [4.69, 9.17) is 9.47 Å². The molecule has 1 aromatic carbocycles. The quantitative estimate of drug-likeness (QED) is 0.481. The molecule has 0 fully saturated rings. The van der Waals surface area contributed by atoms with E-state index < -0.39 is 0 Å². The Kier molecular flexibility index (Phi) is 3.51. The van der Waals surface area contributed by atoms with Crippen LogP contribution in [0.4, 0.5) is 0 Å². The van der Waals surface area contributed by atoms with Gasteiger partial charge >= 0.3 is 0 Å². The molecule has 0 saturated carbocycles. The van der Waals surface area contributed by atoms with Gasteiger partial charge in [-0.2, -0.15) is 0 Å². The van der Waals surface area contributed by atoms with E-state index in [0.717, 1.165) is 22.3 Å². The molecule has 2 rings (SSSR count). The average molecular weight is 316 g/mol. The molecule has 1 aliphatic heterocycles. The third-order valence-corrected chi connectivity index (χ3v) is 3.57. The second-order valence-corrected chi connectivity index (χ2v) is 4.37. The van der Waals surface area contributed by atoms with Crippen molar-refractivity contribution in [1.82, 2.24) is 0 Å². The summed E-state index contributed by atoms with van der Waals surface area (Å²) in [5.41, 5.74) is 1.30. The lowest BCUT2D eigenvalue weighted by molar-refractivity contribution is 0.174. The van der Waals surface area contributed by atoms with Crippen molar-refractivity contribution < 1.29 is 9.47 Å². The Morgan fingerprint density at radius 1 is 1.40 bits per heavy atom. The predicted molar refractivity (Wildman–Crippen MR) is 69.0 cm³/mol. The van der Waals surface area contributed by atoms with Crippen LogP contribution < -0.4 is 9.47 Å². The van der Waals surface area contributed by atoms with Gasteiger partial charge in [-0.25, -0.2) is 0 Å². The van der Waals surface area contributed by atoms with Gasteiger partial charge in [-0.1, -0.05) is 34.7 Å². The summed E-state index contributed by atoms with van der Waals surface area (Å²) in [6.45, 7) is 4.13. The zero-order valence-electron chi connectivity index (χ0n) is 8.41. The molecule has 0 aliphatic carbocycles. The van der Waals surface area contributed by atoms with E-state index in [1.807, 2.05) is 12.1 Å². The molecule has 80 valence electrons. The van der Waals surface area contributed by atoms with Crippen LogP contribution in [0.2, 0.25) is 0 Å². The number of ether oxygens (including phenoxy) is 2. The van der Waals surface area contributed by atoms with Crippen molar-refractivity contribution in [2.75, 3.05) is 11.2 Å². The summed E-state index contributed by atoms with van der Waals surface area (Å²) in [5.74, 6) is 2.24. The maximum Gasteiger partial charge on any atom is 0.231 e. The highest BCUT2D eigenvalue weighted by atomic mass is 127. The lowest BCUT2D eigenvalue weighted by Gasteiger charge is -2.12. The Hall–Kier alpha value is -0.710. The van der Waals surface area contributed by atoms with Gasteiger partial charge in [0.1, 0.15) is 0 Å². The van der Waals surface area contributed by atoms with E-state index in [2.05, 4.69) is 41.3 Å². The normalized spacial score (nSPS) is 15.0. The van der Waals surface area contributed by atoms with Crippen molar-refractivity contribution in [3.05, 3.63) is 36.4 Å². The molecule has 15 heavy (non-hydrogen) atoms. The molecule has 0 aromatic heterocycles. The zero-order valence-corrected chi connectivity index (χ0v) is 10.6. The standard InChI is InChI=1S/C12H13IO2/c1-2-3-10(7-13)9-4-5-11-12(6-9)15-8-14-11/h2,4-6,10H,1,3,7-8H2. The lowest BCUT2D eigenvalue weighted by Crippen LogP contribution is -1.98. The molecule has 0 saturated heterocycles. The molecule has 0 bridgehead atoms. The third kappa shape index (κ3) is 2.27. The minimum absolute atomic E-state index is 0.342. The first-order valence-electron chi connectivity index (χ1n) is 4.91. The molecule has 0 radical (unpaired) electrons. The fourth-order valence-corrected chi connectivity index (χ4v) is 2.52. The van der Waals surface area contributed by atoms with Crippen LogP contribution in [0.15, 0.2) is 30.9 Å². The topological polar surface area (TPSA) is 18.5 Å². The summed E-state index contributed by atoms with van der Waals surface area (Å²) in [5, 5.41) is 0. The molecule has 1 heterocycles. The number of benzene rings is 1. The van der Waals surface area contributed by atoms with E-state index in [-0.39, 0.29) is 0 Å². The van der Waals surface area contributed by atoms with Crippen LogP contribution in [0.1, 0.15) is 17.9 Å². The number of rotatable bonds is 4. The van der Waals surface area contributed by atoms with E-state index in [1.54, 1.807) is 0 Å². The summed E-state index contributed by atoms with van der Waals surface area (Å²) in [6, 6.07) is 6.18. The Balaban J connectivity index is 2.24. The highest BCUT2D eigenvalue weighted by Crippen LogP contribution is 2.35. The molecule has 1 aromatic rings. The number of halogens is 1. The maximum atomic E-state index is 5.36. The average Bonchev–Trinajstić information content (AvgIpc) is 2.72. The Morgan fingerprint density at radius 3 is 2.93 bits per heavy atom. The number of hydrogen-bond donors (Lipinski definition) is 0. The fourth-order valence-electron chi connectivity index (χ4n) is 1.66. The summed E-state index contributed by atoms with van der Waals surface area (Å²) >= 11 is 2.40. The fraction of sp³-hybridized carbons (Fsp3) is 0.333. The molecule has 0 amide bonds. The molecule has 1 aliphatic rings. The first-order valence-corrected chi connectivity index (χ1v) is 6.44. The minimum atomic E-state index is 0.342. The van der Waals surface area contributed by atoms with E-state index in [1.165, 1.54) is 5.56 Å². The maximum absolute atomic E-state index is 5.36. The molecule has 3 heteroatoms. The third-order valence-electron chi connectivity index (χ3n) is 2.51. The minimum Gasteiger partial charge on any atom is -0.454 e. The van der Waals surface area contributed by atoms with Crippen LogP contribution in [0, 0.1) is 0 Å². The lowest BCUT2D eigenvalue weighted by atomic mass is 9.97. The summed E-state index contributed by atoms with van der Waals surface area (Å²) < 4.78 is 11.7. The van der Waals surface area contributed by atoms with Crippen molar-refractivity contribution in [3.8, 4) is 11.5 Å². The predicted octanol–water partition coefficient (Wildman–Crippen LogP) is 3.51. The van der Waals surface area contributed by atoms with Gasteiger partial charge in [-0.15, -0.1) is 6.58 Å². The number of alkyl halides is 1. The van der Waals surface area contributed by atoms with Gasteiger partial charge in [0.05, 0.1) is 0 Å². The van der Waals surface area contributed by atoms with Crippen LogP contribution in [0.5, 0.6) is 11.5 Å². The molecular weight excluding hydrogens is 303 g/mol. The molecular formula is C12H13IO2. The second-order valence-electron chi connectivity index (χ2n) is 3.49. The number of allylic oxidation sites excluding steroid dienone is 1. The van der Waals surface area contributed by atoms with E-state index in [9.17, 15) is 0 Å². The summed E-state index contributed by atoms with van der Waals surface area (Å²) in [4.78, 5) is 0. The smallest absolute Gasteiger partial charge is 0.231 e. The van der Waals surface area contributed by atoms with Crippen molar-refractivity contribution in [2.24, 2.45) is 0 Å². The Bertz CT molecular complexity index is 363. The molecule has 1 atom stereocenters. The van der Waals surface area contributed by atoms with Crippen molar-refractivity contribution in [3.63, 3.8) is 0 Å². The summed E-state index contributed by atoms with van der Waals surface area (Å²) in [7, 11) is 0. The molecule has 0 spiro atoms. The van der Waals surface area contributed by atoms with Crippen LogP contribution in [-0.2, 0) is 0 Å². The van der Waals surface area contributed by atoms with Gasteiger partial charge in [-0.3, -0.25) is 0 Å². The van der Waals surface area contributed by atoms with E-state index in [0.29, 0.717) is 12.7 Å². The van der Waals surface area contributed by atoms with Gasteiger partial charge in [0.25, 0.3) is 0 Å². The monoisotopic (exact) mass is 316 g/mol. The highest BCUT2D eigenvalue weighted by molar-refractivity contribution is 14.1. The zero-order chi connectivity index (χ0) is 10.7. The highest BCUT2D eigenvalue weighted by Gasteiger charge is 2.16. The molecule has 1 unspecified atom stereocenters. The Morgan fingerprint density at radius 2 is 2.20 bits per heavy atom. The first-order chi connectivity index (χ1) is 7.35. The Labute approximate surface area is 103 Å². The van der Waals surface area contributed by atoms with Crippen LogP contribution in [-0.4, -0.2) is 11.2 Å². The van der Waals surface area contributed by atoms with Crippen LogP contribution in [0.25, 0.3) is 0 Å². The van der Waals surface area contributed by atoms with Crippen LogP contribution in [0.3, 0.4) is 0 Å². The van der Waals surface area contributed by atoms with Gasteiger partial charge in [0.15, 0.2) is 11.5 Å². The molecule has 2 nitrogen and oxygen atoms in total. The number of hydrogen-bond acceptors (Lipinski definition) is 2. The van der Waals surface area contributed by atoms with Crippen LogP contribution >= 0.6 is 22.6 Å². The van der Waals surface area contributed by atoms with Crippen molar-refractivity contribution >= 4 is 22.6 Å². The van der Waals surface area contributed by atoms with Gasteiger partial charge in [0, 0.05) is 4.43 Å². The second kappa shape index (κ2) is 4.88. The van der Waals surface area contributed by atoms with Gasteiger partial charge < -0.3 is 9.47 Å². The van der Waals surface area contributed by atoms with Crippen molar-refractivity contribution in [1.29, 1.82) is 0 Å².